The lowest BCUT2D eigenvalue weighted by Gasteiger charge is -2.41. The predicted molar refractivity (Wildman–Crippen MR) is 321 cm³/mol. The molecule has 2 saturated heterocycles. The van der Waals surface area contributed by atoms with Crippen molar-refractivity contribution >= 4 is 68.9 Å². The van der Waals surface area contributed by atoms with Crippen molar-refractivity contribution in [1.82, 2.24) is 49.9 Å². The van der Waals surface area contributed by atoms with Crippen LogP contribution in [0.3, 0.4) is 0 Å². The van der Waals surface area contributed by atoms with Gasteiger partial charge in [0.1, 0.15) is 29.9 Å². The Morgan fingerprint density at radius 2 is 1.26 bits per heavy atom. The number of rotatable bonds is 30. The number of carbonyl (C=O) groups excluding carboxylic acids is 3. The first-order chi connectivity index (χ1) is 42.5. The van der Waals surface area contributed by atoms with E-state index in [1.54, 1.807) is 73.0 Å². The average Bonchev–Trinajstić information content (AvgIpc) is 1.71. The zero-order valence-corrected chi connectivity index (χ0v) is 52.1. The number of fused-ring (bicyclic) bond motifs is 3. The van der Waals surface area contributed by atoms with Crippen LogP contribution in [0.25, 0.3) is 28.1 Å². The number of nitrogens with zero attached hydrogens (tertiary/aromatic N) is 8. The van der Waals surface area contributed by atoms with Crippen LogP contribution in [-0.4, -0.2) is 279 Å². The molecule has 0 saturated carbocycles. The highest BCUT2D eigenvalue weighted by Gasteiger charge is 2.40. The maximum Gasteiger partial charge on any atom is 0.317 e. The summed E-state index contributed by atoms with van der Waals surface area (Å²) < 4.78 is 75.8. The molecule has 2 aromatic carbocycles. The van der Waals surface area contributed by atoms with Gasteiger partial charge in [-0.25, -0.2) is 4.68 Å². The maximum atomic E-state index is 14.4. The Morgan fingerprint density at radius 3 is 1.80 bits per heavy atom. The zero-order valence-electron chi connectivity index (χ0n) is 49.7. The van der Waals surface area contributed by atoms with Crippen molar-refractivity contribution in [2.75, 3.05) is 164 Å². The lowest BCUT2D eigenvalue weighted by molar-refractivity contribution is -0.140. The van der Waals surface area contributed by atoms with Crippen LogP contribution >= 0.6 is 23.2 Å². The topological polar surface area (TPSA) is 353 Å². The van der Waals surface area contributed by atoms with Gasteiger partial charge in [-0.1, -0.05) is 23.2 Å². The van der Waals surface area contributed by atoms with E-state index < -0.39 is 63.7 Å². The molecular formula is C57H76Cl2N10O19S. The number of hydrogen-bond donors (Lipinski definition) is 6. The van der Waals surface area contributed by atoms with E-state index in [1.807, 2.05) is 26.0 Å². The Hall–Kier alpha value is -6.65. The minimum Gasteiger partial charge on any atom is -0.496 e. The molecule has 2 fully saturated rings. The van der Waals surface area contributed by atoms with Gasteiger partial charge < -0.3 is 64.0 Å². The van der Waals surface area contributed by atoms with Gasteiger partial charge in [-0.3, -0.25) is 57.9 Å². The summed E-state index contributed by atoms with van der Waals surface area (Å²) in [6.45, 7) is 6.10. The highest BCUT2D eigenvalue weighted by Crippen LogP contribution is 2.46. The molecule has 4 aromatic rings. The maximum absolute atomic E-state index is 14.4. The van der Waals surface area contributed by atoms with E-state index in [-0.39, 0.29) is 150 Å². The number of hydrogen-bond acceptors (Lipinski definition) is 21. The predicted octanol–water partition coefficient (Wildman–Crippen LogP) is 1.59. The molecule has 3 aliphatic rings. The molecule has 29 nitrogen and oxygen atoms in total. The summed E-state index contributed by atoms with van der Waals surface area (Å²) in [7, 11) is -3.21. The lowest BCUT2D eigenvalue weighted by Crippen LogP contribution is -2.55. The Bertz CT molecular complexity index is 3180. The Balaban J connectivity index is 0.834. The molecule has 488 valence electrons. The third kappa shape index (κ3) is 21.5. The third-order valence-corrected chi connectivity index (χ3v) is 15.7. The number of aliphatic carboxylic acids is 3. The Kier molecular flexibility index (Phi) is 26.2. The minimum atomic E-state index is -4.77. The van der Waals surface area contributed by atoms with Crippen LogP contribution in [0.2, 0.25) is 10.0 Å². The van der Waals surface area contributed by atoms with Gasteiger partial charge in [-0.05, 0) is 49.7 Å². The molecule has 89 heavy (non-hydrogen) atoms. The van der Waals surface area contributed by atoms with Gasteiger partial charge >= 0.3 is 17.9 Å². The lowest BCUT2D eigenvalue weighted by atomic mass is 9.95. The minimum absolute atomic E-state index is 0.0156. The van der Waals surface area contributed by atoms with Gasteiger partial charge in [-0.15, -0.1) is 0 Å². The third-order valence-electron chi connectivity index (χ3n) is 14.5. The summed E-state index contributed by atoms with van der Waals surface area (Å²) >= 11 is 13.0. The standard InChI is InChI=1S/C57H76Cl2N10O19S/c1-57(2)37-87-15-13-68(57)56(78)53-45-35-88-48-27-47(82-3)43(26-44(48)54(45)69(63-53)42-24-40(58)23-41(59)25-42)39-22-38(28-60-29-39)34-86-21-20-85-19-18-84-17-16-83-14-4-61-55(77)46(36-89(79,80)81)62-49(70)30-64-5-7-65(31-50(71)72)9-11-67(33-52(75)76)12-10-66(8-6-64)32-51(73)74/h22-29,46H,4-21,30-37H2,1-3H3,(H,61,77)(H,62,70)(H,71,72)(H,73,74)(H,75,76)(H,79,80,81). The van der Waals surface area contributed by atoms with Gasteiger partial charge in [-0.2, -0.15) is 13.5 Å². The fourth-order valence-corrected chi connectivity index (χ4v) is 11.4. The van der Waals surface area contributed by atoms with Crippen molar-refractivity contribution in [2.24, 2.45) is 0 Å². The number of carboxylic acid groups (broad SMARTS) is 3. The van der Waals surface area contributed by atoms with Gasteiger partial charge in [0.05, 0.1) is 116 Å². The van der Waals surface area contributed by atoms with E-state index in [0.29, 0.717) is 69.4 Å². The van der Waals surface area contributed by atoms with Gasteiger partial charge in [0.15, 0.2) is 5.69 Å². The average molecular weight is 1310 g/mol. The normalized spacial score (nSPS) is 16.6. The number of morpholine rings is 1. The second-order valence-electron chi connectivity index (χ2n) is 21.8. The second kappa shape index (κ2) is 33.4. The van der Waals surface area contributed by atoms with Crippen LogP contribution in [-0.2, 0) is 71.0 Å². The van der Waals surface area contributed by atoms with Crippen molar-refractivity contribution in [3.8, 4) is 39.6 Å². The van der Waals surface area contributed by atoms with E-state index in [1.165, 1.54) is 0 Å². The number of halogens is 2. The highest BCUT2D eigenvalue weighted by molar-refractivity contribution is 7.85. The molecule has 2 aromatic heterocycles. The van der Waals surface area contributed by atoms with E-state index in [4.69, 9.17) is 61.5 Å². The number of nitrogens with one attached hydrogen (secondary N) is 2. The van der Waals surface area contributed by atoms with Crippen molar-refractivity contribution in [3.63, 3.8) is 0 Å². The number of carboxylic acids is 3. The van der Waals surface area contributed by atoms with Gasteiger partial charge in [0, 0.05) is 116 Å². The SMILES string of the molecule is COc1cc2c(cc1-c1cncc(COCCOCCOCCOCCNC(=O)C(CS(=O)(=O)O)NC(=O)CN3CCN(CC(=O)O)CCN(CC(=O)O)CCN(CC(=O)O)CC3)c1)-c1c(c(C(=O)N3CCOCC3(C)C)nn1-c1cc(Cl)cc(Cl)c1)CO2. The molecule has 0 aliphatic carbocycles. The Morgan fingerprint density at radius 1 is 0.708 bits per heavy atom. The van der Waals surface area contributed by atoms with E-state index in [2.05, 4.69) is 15.6 Å². The quantitative estimate of drug-likeness (QED) is 0.0319. The van der Waals surface area contributed by atoms with Gasteiger partial charge in [0.2, 0.25) is 11.8 Å². The first-order valence-electron chi connectivity index (χ1n) is 28.6. The van der Waals surface area contributed by atoms with Crippen LogP contribution in [0.5, 0.6) is 11.5 Å². The van der Waals surface area contributed by atoms with Crippen LogP contribution in [0, 0.1) is 0 Å². The first-order valence-corrected chi connectivity index (χ1v) is 31.0. The molecule has 32 heteroatoms. The molecule has 0 spiro atoms. The Labute approximate surface area is 524 Å². The number of aromatic nitrogens is 3. The fourth-order valence-electron chi connectivity index (χ4n) is 10.2. The van der Waals surface area contributed by atoms with Crippen molar-refractivity contribution in [1.29, 1.82) is 0 Å². The van der Waals surface area contributed by atoms with E-state index >= 15 is 0 Å². The number of benzene rings is 2. The van der Waals surface area contributed by atoms with Crippen molar-refractivity contribution in [2.45, 2.75) is 38.6 Å². The summed E-state index contributed by atoms with van der Waals surface area (Å²) in [6, 6.07) is 9.03. The summed E-state index contributed by atoms with van der Waals surface area (Å²) in [6.07, 6.45) is 3.41. The van der Waals surface area contributed by atoms with Crippen molar-refractivity contribution in [3.05, 3.63) is 75.7 Å². The summed E-state index contributed by atoms with van der Waals surface area (Å²) in [4.78, 5) is 88.3. The monoisotopic (exact) mass is 1310 g/mol. The molecule has 0 radical (unpaired) electrons. The number of carbonyl (C=O) groups is 6. The van der Waals surface area contributed by atoms with E-state index in [0.717, 1.165) is 11.1 Å². The molecule has 0 bridgehead atoms. The first kappa shape index (κ1) is 69.8. The number of methoxy groups -OCH3 is 1. The molecule has 6 N–H and O–H groups in total. The fraction of sp³-hybridized carbons (Fsp3) is 0.544. The molecular weight excluding hydrogens is 1230 g/mol. The summed E-state index contributed by atoms with van der Waals surface area (Å²) in [5.74, 6) is -5.45. The van der Waals surface area contributed by atoms with E-state index in [9.17, 15) is 57.1 Å². The molecule has 1 unspecified atom stereocenters. The molecule has 5 heterocycles. The summed E-state index contributed by atoms with van der Waals surface area (Å²) in [5, 5.41) is 39.0. The molecule has 3 aliphatic heterocycles. The van der Waals surface area contributed by atoms with Crippen LogP contribution in [0.1, 0.15) is 35.5 Å². The van der Waals surface area contributed by atoms with Crippen molar-refractivity contribution < 1.29 is 90.2 Å². The number of pyridine rings is 1. The molecule has 3 amide bonds. The molecule has 1 atom stereocenters. The summed E-state index contributed by atoms with van der Waals surface area (Å²) in [5.41, 5.74) is 4.30. The highest BCUT2D eigenvalue weighted by atomic mass is 35.5. The molecule has 7 rings (SSSR count). The second-order valence-corrected chi connectivity index (χ2v) is 24.2. The van der Waals surface area contributed by atoms with Gasteiger partial charge in [0.25, 0.3) is 16.0 Å². The van der Waals surface area contributed by atoms with Crippen LogP contribution in [0.4, 0.5) is 0 Å². The largest absolute Gasteiger partial charge is 0.496 e. The zero-order chi connectivity index (χ0) is 64.3. The number of amides is 3. The van der Waals surface area contributed by atoms with Crippen LogP contribution < -0.4 is 20.1 Å². The number of ether oxygens (including phenoxy) is 7. The smallest absolute Gasteiger partial charge is 0.317 e. The van der Waals surface area contributed by atoms with Crippen LogP contribution in [0.15, 0.2) is 48.8 Å².